The van der Waals surface area contributed by atoms with Gasteiger partial charge in [0.15, 0.2) is 0 Å². The Balaban J connectivity index is 0. The second-order valence-corrected chi connectivity index (χ2v) is 10.00. The predicted octanol–water partition coefficient (Wildman–Crippen LogP) is 10.7. The number of nitrogens with two attached hydrogens (primary N) is 1. The summed E-state index contributed by atoms with van der Waals surface area (Å²) in [7, 11) is 1.50. The Bertz CT molecular complexity index is 1110. The van der Waals surface area contributed by atoms with Crippen molar-refractivity contribution in [3.8, 4) is 0 Å². The molecule has 0 amide bonds. The van der Waals surface area contributed by atoms with Gasteiger partial charge in [0, 0.05) is 17.8 Å². The van der Waals surface area contributed by atoms with Gasteiger partial charge < -0.3 is 15.8 Å². The third kappa shape index (κ3) is 20.2. The van der Waals surface area contributed by atoms with Crippen LogP contribution in [0.2, 0.25) is 0 Å². The number of aldehydes is 1. The van der Waals surface area contributed by atoms with Crippen LogP contribution >= 0.6 is 0 Å². The van der Waals surface area contributed by atoms with Gasteiger partial charge in [-0.15, -0.1) is 0 Å². The smallest absolute Gasteiger partial charge is 0.356 e. The number of carbonyl (C=O) groups excluding carboxylic acids is 1. The van der Waals surface area contributed by atoms with E-state index >= 15 is 0 Å². The van der Waals surface area contributed by atoms with E-state index in [0.29, 0.717) is 6.42 Å². The lowest BCUT2D eigenvalue weighted by molar-refractivity contribution is -0.137. The van der Waals surface area contributed by atoms with Gasteiger partial charge in [-0.2, -0.15) is 13.2 Å². The standard InChI is InChI=1S/C22H29NO.C10H11F3.C4H10.CH5N/c1-6-22(14-11-17(2)10-8-7-9-15-24)23-20(5)21-13-12-18(3)19(4)16-21;1-2-3-8-4-6-9(7-5-8)10(11,12)13;1-3-4-2;1-2/h6,11-16,23H,2,5,7-10H2,1,3-4H3;4-7H,2-3H2,1H3;3-4H2,1-2H3;2H2,1H3/b14-11-,22-6+;;;. The molecule has 0 atom stereocenters. The van der Waals surface area contributed by atoms with Crippen LogP contribution in [0.5, 0.6) is 0 Å². The second kappa shape index (κ2) is 25.1. The van der Waals surface area contributed by atoms with Crippen molar-refractivity contribution in [2.24, 2.45) is 5.73 Å². The molecule has 2 aromatic carbocycles. The zero-order chi connectivity index (χ0) is 33.3. The van der Waals surface area contributed by atoms with Gasteiger partial charge in [0.2, 0.25) is 0 Å². The fourth-order valence-corrected chi connectivity index (χ4v) is 3.41. The molecule has 2 rings (SSSR count). The number of benzene rings is 2. The Hall–Kier alpha value is -3.38. The van der Waals surface area contributed by atoms with Gasteiger partial charge in [-0.25, -0.2) is 0 Å². The fraction of sp³-hybridized carbons (Fsp3) is 0.432. The normalized spacial score (nSPS) is 10.8. The van der Waals surface area contributed by atoms with Crippen molar-refractivity contribution in [3.63, 3.8) is 0 Å². The monoisotopic (exact) mass is 600 g/mol. The zero-order valence-electron chi connectivity index (χ0n) is 27.5. The van der Waals surface area contributed by atoms with E-state index in [9.17, 15) is 18.0 Å². The van der Waals surface area contributed by atoms with E-state index in [1.54, 1.807) is 0 Å². The molecular formula is C37H55F3N2O. The number of hydrogen-bond donors (Lipinski definition) is 2. The Kier molecular flexibility index (Phi) is 24.4. The summed E-state index contributed by atoms with van der Waals surface area (Å²) in [6.07, 6.45) is 10.7. The van der Waals surface area contributed by atoms with Crippen LogP contribution in [-0.4, -0.2) is 13.3 Å². The summed E-state index contributed by atoms with van der Waals surface area (Å²) < 4.78 is 36.3. The first-order valence-corrected chi connectivity index (χ1v) is 15.2. The van der Waals surface area contributed by atoms with E-state index in [4.69, 9.17) is 0 Å². The Labute approximate surface area is 259 Å². The van der Waals surface area contributed by atoms with Gasteiger partial charge in [-0.1, -0.05) is 95.2 Å². The Morgan fingerprint density at radius 3 is 1.95 bits per heavy atom. The molecule has 0 unspecified atom stereocenters. The molecule has 2 aromatic rings. The van der Waals surface area contributed by atoms with Crippen LogP contribution < -0.4 is 11.1 Å². The van der Waals surface area contributed by atoms with Crippen molar-refractivity contribution in [3.05, 3.63) is 113 Å². The van der Waals surface area contributed by atoms with Crippen LogP contribution in [0.15, 0.2) is 85.1 Å². The highest BCUT2D eigenvalue weighted by Crippen LogP contribution is 2.29. The van der Waals surface area contributed by atoms with Gasteiger partial charge >= 0.3 is 6.18 Å². The minimum absolute atomic E-state index is 0.577. The van der Waals surface area contributed by atoms with E-state index in [0.717, 1.165) is 78.6 Å². The van der Waals surface area contributed by atoms with Gasteiger partial charge in [0.1, 0.15) is 6.29 Å². The molecule has 3 nitrogen and oxygen atoms in total. The average molecular weight is 601 g/mol. The number of halogens is 3. The molecule has 0 bridgehead atoms. The van der Waals surface area contributed by atoms with E-state index in [2.05, 4.69) is 70.1 Å². The van der Waals surface area contributed by atoms with Gasteiger partial charge in [-0.3, -0.25) is 0 Å². The quantitative estimate of drug-likeness (QED) is 0.137. The largest absolute Gasteiger partial charge is 0.416 e. The minimum atomic E-state index is -4.22. The van der Waals surface area contributed by atoms with Crippen LogP contribution in [0.3, 0.4) is 0 Å². The summed E-state index contributed by atoms with van der Waals surface area (Å²) in [4.78, 5) is 10.3. The lowest BCUT2D eigenvalue weighted by atomic mass is 10.0. The van der Waals surface area contributed by atoms with Crippen LogP contribution in [0.25, 0.3) is 5.70 Å². The highest BCUT2D eigenvalue weighted by atomic mass is 19.4. The number of alkyl halides is 3. The van der Waals surface area contributed by atoms with Gasteiger partial charge in [0.05, 0.1) is 5.56 Å². The first kappa shape index (κ1) is 41.8. The SMILES string of the molecule is C=C(/C=C\C(=C/C)NC(=C)c1ccc(C)c(C)c1)CCCCC=O.CCCC.CCCc1ccc(C(F)(F)F)cc1.CN. The van der Waals surface area contributed by atoms with Crippen LogP contribution in [-0.2, 0) is 17.4 Å². The lowest BCUT2D eigenvalue weighted by Crippen LogP contribution is -2.09. The molecule has 0 saturated carbocycles. The van der Waals surface area contributed by atoms with Crippen LogP contribution in [0, 0.1) is 13.8 Å². The van der Waals surface area contributed by atoms with Crippen LogP contribution in [0.4, 0.5) is 13.2 Å². The van der Waals surface area contributed by atoms with Crippen LogP contribution in [0.1, 0.15) is 100 Å². The highest BCUT2D eigenvalue weighted by molar-refractivity contribution is 5.65. The van der Waals surface area contributed by atoms with E-state index in [-0.39, 0.29) is 0 Å². The summed E-state index contributed by atoms with van der Waals surface area (Å²) in [5, 5.41) is 3.35. The fourth-order valence-electron chi connectivity index (χ4n) is 3.41. The lowest BCUT2D eigenvalue weighted by Gasteiger charge is -2.12. The zero-order valence-corrected chi connectivity index (χ0v) is 27.5. The van der Waals surface area contributed by atoms with Crippen molar-refractivity contribution in [1.29, 1.82) is 0 Å². The summed E-state index contributed by atoms with van der Waals surface area (Å²) in [5.41, 5.74) is 11.5. The molecule has 0 radical (unpaired) electrons. The minimum Gasteiger partial charge on any atom is -0.356 e. The molecule has 0 aliphatic carbocycles. The maximum absolute atomic E-state index is 12.1. The number of allylic oxidation sites excluding steroid dienone is 4. The first-order valence-electron chi connectivity index (χ1n) is 15.2. The van der Waals surface area contributed by atoms with E-state index < -0.39 is 11.7 Å². The number of aryl methyl sites for hydroxylation is 3. The predicted molar refractivity (Wildman–Crippen MR) is 181 cm³/mol. The average Bonchev–Trinajstić information content (AvgIpc) is 3.00. The molecular weight excluding hydrogens is 545 g/mol. The molecule has 6 heteroatoms. The molecule has 0 spiro atoms. The molecule has 0 aromatic heterocycles. The maximum atomic E-state index is 12.1. The third-order valence-electron chi connectivity index (χ3n) is 6.35. The van der Waals surface area contributed by atoms with E-state index in [1.165, 1.54) is 43.1 Å². The summed E-state index contributed by atoms with van der Waals surface area (Å²) in [6.45, 7) is 20.8. The van der Waals surface area contributed by atoms with Gasteiger partial charge in [0.25, 0.3) is 0 Å². The van der Waals surface area contributed by atoms with Crippen molar-refractivity contribution >= 4 is 12.0 Å². The molecule has 0 fully saturated rings. The third-order valence-corrected chi connectivity index (χ3v) is 6.35. The Morgan fingerprint density at radius 2 is 1.49 bits per heavy atom. The van der Waals surface area contributed by atoms with Crippen molar-refractivity contribution in [2.45, 2.75) is 99.1 Å². The van der Waals surface area contributed by atoms with Crippen molar-refractivity contribution in [1.82, 2.24) is 5.32 Å². The molecule has 3 N–H and O–H groups in total. The van der Waals surface area contributed by atoms with Crippen molar-refractivity contribution < 1.29 is 18.0 Å². The molecule has 0 saturated heterocycles. The molecule has 0 aliphatic rings. The number of nitrogens with one attached hydrogen (secondary N) is 1. The molecule has 0 aliphatic heterocycles. The topological polar surface area (TPSA) is 55.1 Å². The summed E-state index contributed by atoms with van der Waals surface area (Å²) in [6, 6.07) is 11.7. The Morgan fingerprint density at radius 1 is 0.884 bits per heavy atom. The summed E-state index contributed by atoms with van der Waals surface area (Å²) >= 11 is 0. The van der Waals surface area contributed by atoms with Gasteiger partial charge in [-0.05, 0) is 100 Å². The number of unbranched alkanes of at least 4 members (excludes halogenated alkanes) is 3. The van der Waals surface area contributed by atoms with Crippen molar-refractivity contribution in [2.75, 3.05) is 7.05 Å². The highest BCUT2D eigenvalue weighted by Gasteiger charge is 2.29. The molecule has 43 heavy (non-hydrogen) atoms. The van der Waals surface area contributed by atoms with E-state index in [1.807, 2.05) is 32.1 Å². The molecule has 240 valence electrons. The molecule has 0 heterocycles. The number of hydrogen-bond acceptors (Lipinski definition) is 3. The number of rotatable bonds is 13. The first-order chi connectivity index (χ1) is 20.4. The number of carbonyl (C=O) groups is 1. The second-order valence-electron chi connectivity index (χ2n) is 10.00. The maximum Gasteiger partial charge on any atom is 0.416 e. The summed E-state index contributed by atoms with van der Waals surface area (Å²) in [5.74, 6) is 0.